The van der Waals surface area contributed by atoms with E-state index >= 15 is 0 Å². The van der Waals surface area contributed by atoms with Crippen LogP contribution in [0.5, 0.6) is 0 Å². The van der Waals surface area contributed by atoms with Gasteiger partial charge in [0.2, 0.25) is 0 Å². The zero-order valence-corrected chi connectivity index (χ0v) is 10.4. The molecule has 5 nitrogen and oxygen atoms in total. The van der Waals surface area contributed by atoms with E-state index in [9.17, 15) is 4.79 Å². The van der Waals surface area contributed by atoms with Crippen LogP contribution in [0.25, 0.3) is 0 Å². The number of hydrogen-bond donors (Lipinski definition) is 2. The molecule has 1 aromatic heterocycles. The summed E-state index contributed by atoms with van der Waals surface area (Å²) < 4.78 is 5.04. The Balaban J connectivity index is 2.79. The van der Waals surface area contributed by atoms with Gasteiger partial charge in [-0.25, -0.2) is 4.98 Å². The Bertz CT molecular complexity index is 463. The normalized spacial score (nSPS) is 11.3. The van der Waals surface area contributed by atoms with E-state index in [2.05, 4.69) is 22.1 Å². The molecule has 0 spiro atoms. The van der Waals surface area contributed by atoms with Crippen LogP contribution in [0, 0.1) is 11.8 Å². The van der Waals surface area contributed by atoms with Gasteiger partial charge in [-0.1, -0.05) is 11.8 Å². The molecule has 0 fully saturated rings. The van der Waals surface area contributed by atoms with Gasteiger partial charge in [0.15, 0.2) is 0 Å². The minimum Gasteiger partial charge on any atom is -0.384 e. The van der Waals surface area contributed by atoms with Crippen LogP contribution in [0.3, 0.4) is 0 Å². The van der Waals surface area contributed by atoms with E-state index in [-0.39, 0.29) is 24.3 Å². The Labute approximate surface area is 106 Å². The summed E-state index contributed by atoms with van der Waals surface area (Å²) in [5.74, 6) is 4.88. The molecule has 0 radical (unpaired) electrons. The third-order valence-electron chi connectivity index (χ3n) is 2.28. The number of pyridine rings is 1. The van der Waals surface area contributed by atoms with Gasteiger partial charge in [0.25, 0.3) is 5.91 Å². The lowest BCUT2D eigenvalue weighted by Gasteiger charge is -2.10. The number of aromatic nitrogens is 1. The van der Waals surface area contributed by atoms with Crippen molar-refractivity contribution < 1.29 is 14.6 Å². The molecule has 0 aromatic carbocycles. The Morgan fingerprint density at radius 2 is 2.44 bits per heavy atom. The maximum absolute atomic E-state index is 11.9. The van der Waals surface area contributed by atoms with Crippen molar-refractivity contribution >= 4 is 5.91 Å². The molecule has 1 atom stereocenters. The van der Waals surface area contributed by atoms with Crippen molar-refractivity contribution in [3.63, 3.8) is 0 Å². The van der Waals surface area contributed by atoms with Crippen LogP contribution in [0.4, 0.5) is 0 Å². The molecule has 5 heteroatoms. The molecule has 1 heterocycles. The summed E-state index contributed by atoms with van der Waals surface area (Å²) >= 11 is 0. The quantitative estimate of drug-likeness (QED) is 0.746. The molecule has 0 saturated carbocycles. The molecule has 1 amide bonds. The zero-order valence-electron chi connectivity index (χ0n) is 10.4. The molecule has 0 aliphatic rings. The third kappa shape index (κ3) is 4.17. The first kappa shape index (κ1) is 14.2. The van der Waals surface area contributed by atoms with E-state index in [0.29, 0.717) is 12.1 Å². The molecular weight excluding hydrogens is 232 g/mol. The summed E-state index contributed by atoms with van der Waals surface area (Å²) in [5, 5.41) is 11.4. The second-order valence-corrected chi connectivity index (χ2v) is 3.62. The molecule has 1 rings (SSSR count). The number of hydrogen-bond acceptors (Lipinski definition) is 4. The van der Waals surface area contributed by atoms with Crippen molar-refractivity contribution in [1.82, 2.24) is 10.3 Å². The first-order valence-corrected chi connectivity index (χ1v) is 5.54. The lowest BCUT2D eigenvalue weighted by molar-refractivity contribution is 0.0866. The van der Waals surface area contributed by atoms with Crippen LogP contribution in [0.2, 0.25) is 0 Å². The third-order valence-corrected chi connectivity index (χ3v) is 2.28. The van der Waals surface area contributed by atoms with E-state index in [0.717, 1.165) is 0 Å². The fourth-order valence-corrected chi connectivity index (χ4v) is 1.23. The molecule has 0 aliphatic heterocycles. The minimum atomic E-state index is -0.304. The molecule has 96 valence electrons. The van der Waals surface area contributed by atoms with E-state index in [1.54, 1.807) is 19.2 Å². The predicted molar refractivity (Wildman–Crippen MR) is 67.0 cm³/mol. The highest BCUT2D eigenvalue weighted by Gasteiger charge is 2.12. The number of carbonyl (C=O) groups is 1. The predicted octanol–water partition coefficient (Wildman–Crippen LogP) is 0.190. The average molecular weight is 248 g/mol. The van der Waals surface area contributed by atoms with Crippen LogP contribution in [-0.2, 0) is 4.74 Å². The Morgan fingerprint density at radius 3 is 3.11 bits per heavy atom. The largest absolute Gasteiger partial charge is 0.384 e. The van der Waals surface area contributed by atoms with E-state index in [4.69, 9.17) is 9.84 Å². The Morgan fingerprint density at radius 1 is 1.67 bits per heavy atom. The standard InChI is InChI=1S/C13H16N2O3/c1-10(18-2)9-15-13(17)12-11(6-4-8-16)5-3-7-14-12/h3,5,7,10,16H,8-9H2,1-2H3,(H,15,17). The molecular formula is C13H16N2O3. The van der Waals surface area contributed by atoms with Gasteiger partial charge in [-0.05, 0) is 19.1 Å². The van der Waals surface area contributed by atoms with Crippen molar-refractivity contribution in [2.45, 2.75) is 13.0 Å². The van der Waals surface area contributed by atoms with E-state index in [1.165, 1.54) is 6.20 Å². The molecule has 1 aromatic rings. The van der Waals surface area contributed by atoms with Crippen LogP contribution in [0.15, 0.2) is 18.3 Å². The average Bonchev–Trinajstić information content (AvgIpc) is 2.42. The van der Waals surface area contributed by atoms with Gasteiger partial charge >= 0.3 is 0 Å². The summed E-state index contributed by atoms with van der Waals surface area (Å²) in [5.41, 5.74) is 0.746. The second kappa shape index (κ2) is 7.43. The van der Waals surface area contributed by atoms with Crippen molar-refractivity contribution in [3.8, 4) is 11.8 Å². The van der Waals surface area contributed by atoms with Gasteiger partial charge in [-0.15, -0.1) is 0 Å². The van der Waals surface area contributed by atoms with Crippen LogP contribution < -0.4 is 5.32 Å². The van der Waals surface area contributed by atoms with Crippen molar-refractivity contribution in [2.75, 3.05) is 20.3 Å². The minimum absolute atomic E-state index is 0.0651. The van der Waals surface area contributed by atoms with Gasteiger partial charge < -0.3 is 15.2 Å². The molecule has 0 bridgehead atoms. The van der Waals surface area contributed by atoms with Gasteiger partial charge in [0, 0.05) is 19.9 Å². The number of methoxy groups -OCH3 is 1. The molecule has 1 unspecified atom stereocenters. The summed E-state index contributed by atoms with van der Waals surface area (Å²) in [6.07, 6.45) is 1.46. The number of ether oxygens (including phenoxy) is 1. The number of rotatable bonds is 4. The highest BCUT2D eigenvalue weighted by atomic mass is 16.5. The number of nitrogens with zero attached hydrogens (tertiary/aromatic N) is 1. The monoisotopic (exact) mass is 248 g/mol. The molecule has 18 heavy (non-hydrogen) atoms. The van der Waals surface area contributed by atoms with Gasteiger partial charge in [-0.3, -0.25) is 4.79 Å². The molecule has 2 N–H and O–H groups in total. The Hall–Kier alpha value is -1.90. The topological polar surface area (TPSA) is 71.5 Å². The van der Waals surface area contributed by atoms with Crippen molar-refractivity contribution in [3.05, 3.63) is 29.6 Å². The van der Waals surface area contributed by atoms with Crippen LogP contribution in [-0.4, -0.2) is 42.4 Å². The first-order valence-electron chi connectivity index (χ1n) is 5.54. The van der Waals surface area contributed by atoms with Gasteiger partial charge in [0.1, 0.15) is 12.3 Å². The second-order valence-electron chi connectivity index (χ2n) is 3.62. The summed E-state index contributed by atoms with van der Waals surface area (Å²) in [6, 6.07) is 3.38. The summed E-state index contributed by atoms with van der Waals surface area (Å²) in [4.78, 5) is 15.9. The maximum atomic E-state index is 11.9. The van der Waals surface area contributed by atoms with Crippen LogP contribution >= 0.6 is 0 Å². The van der Waals surface area contributed by atoms with Crippen molar-refractivity contribution in [2.24, 2.45) is 0 Å². The number of amides is 1. The highest BCUT2D eigenvalue weighted by Crippen LogP contribution is 2.03. The fraction of sp³-hybridized carbons (Fsp3) is 0.385. The van der Waals surface area contributed by atoms with Gasteiger partial charge in [0.05, 0.1) is 11.7 Å². The SMILES string of the molecule is COC(C)CNC(=O)c1ncccc1C#CCO. The smallest absolute Gasteiger partial charge is 0.271 e. The zero-order chi connectivity index (χ0) is 13.4. The number of carbonyl (C=O) groups excluding carboxylic acids is 1. The first-order chi connectivity index (χ1) is 8.69. The van der Waals surface area contributed by atoms with E-state index < -0.39 is 0 Å². The van der Waals surface area contributed by atoms with Crippen molar-refractivity contribution in [1.29, 1.82) is 0 Å². The number of nitrogens with one attached hydrogen (secondary N) is 1. The van der Waals surface area contributed by atoms with E-state index in [1.807, 2.05) is 6.92 Å². The molecule has 0 saturated heterocycles. The maximum Gasteiger partial charge on any atom is 0.271 e. The number of aliphatic hydroxyl groups is 1. The highest BCUT2D eigenvalue weighted by molar-refractivity contribution is 5.94. The molecule has 0 aliphatic carbocycles. The summed E-state index contributed by atoms with van der Waals surface area (Å²) in [7, 11) is 1.58. The lowest BCUT2D eigenvalue weighted by Crippen LogP contribution is -2.32. The lowest BCUT2D eigenvalue weighted by atomic mass is 10.2. The fourth-order valence-electron chi connectivity index (χ4n) is 1.23. The Kier molecular flexibility index (Phi) is 5.85. The number of aliphatic hydroxyl groups excluding tert-OH is 1. The van der Waals surface area contributed by atoms with Gasteiger partial charge in [-0.2, -0.15) is 0 Å². The summed E-state index contributed by atoms with van der Waals surface area (Å²) in [6.45, 7) is 2.00. The van der Waals surface area contributed by atoms with Crippen LogP contribution in [0.1, 0.15) is 23.0 Å².